The van der Waals surface area contributed by atoms with Crippen molar-refractivity contribution in [2.75, 3.05) is 20.2 Å². The van der Waals surface area contributed by atoms with Crippen molar-refractivity contribution in [2.45, 2.75) is 31.2 Å². The summed E-state index contributed by atoms with van der Waals surface area (Å²) in [5, 5.41) is 20.4. The van der Waals surface area contributed by atoms with Crippen molar-refractivity contribution in [1.29, 1.82) is 0 Å². The molecule has 0 heterocycles. The van der Waals surface area contributed by atoms with Gasteiger partial charge in [0.25, 0.3) is 0 Å². The number of hydrogen-bond donors (Lipinski definition) is 3. The van der Waals surface area contributed by atoms with Gasteiger partial charge in [0.2, 0.25) is 0 Å². The van der Waals surface area contributed by atoms with Crippen molar-refractivity contribution in [1.82, 2.24) is 10.2 Å². The van der Waals surface area contributed by atoms with Gasteiger partial charge in [-0.3, -0.25) is 0 Å². The van der Waals surface area contributed by atoms with E-state index in [1.54, 1.807) is 0 Å². The maximum atomic E-state index is 11.6. The second-order valence-electron chi connectivity index (χ2n) is 4.17. The highest BCUT2D eigenvalue weighted by molar-refractivity contribution is 5.86. The van der Waals surface area contributed by atoms with Crippen LogP contribution in [0.4, 0.5) is 4.79 Å². The third-order valence-corrected chi connectivity index (χ3v) is 2.99. The van der Waals surface area contributed by atoms with E-state index in [1.165, 1.54) is 11.9 Å². The lowest BCUT2D eigenvalue weighted by atomic mass is 9.98. The summed E-state index contributed by atoms with van der Waals surface area (Å²) in [6.45, 7) is 0.0610. The molecule has 0 unspecified atom stereocenters. The molecule has 0 aromatic carbocycles. The van der Waals surface area contributed by atoms with Crippen LogP contribution in [0.3, 0.4) is 0 Å². The van der Waals surface area contributed by atoms with Gasteiger partial charge in [-0.05, 0) is 12.8 Å². The predicted octanol–water partition coefficient (Wildman–Crippen LogP) is 0.0175. The van der Waals surface area contributed by atoms with Gasteiger partial charge < -0.3 is 20.4 Å². The number of carboxylic acid groups (broad SMARTS) is 1. The van der Waals surface area contributed by atoms with E-state index in [4.69, 9.17) is 10.2 Å². The highest BCUT2D eigenvalue weighted by Gasteiger charge is 2.43. The molecule has 2 amide bonds. The topological polar surface area (TPSA) is 89.9 Å². The van der Waals surface area contributed by atoms with E-state index in [1.807, 2.05) is 0 Å². The number of aliphatic hydroxyl groups excluding tert-OH is 1. The molecular weight excluding hydrogens is 212 g/mol. The summed E-state index contributed by atoms with van der Waals surface area (Å²) >= 11 is 0. The number of amides is 2. The molecule has 0 bridgehead atoms. The molecule has 1 aliphatic carbocycles. The molecule has 1 fully saturated rings. The summed E-state index contributed by atoms with van der Waals surface area (Å²) in [5.41, 5.74) is -1.11. The molecule has 16 heavy (non-hydrogen) atoms. The normalized spacial score (nSPS) is 18.1. The molecule has 0 saturated heterocycles. The number of nitrogens with zero attached hydrogens (tertiary/aromatic N) is 1. The Labute approximate surface area is 94.2 Å². The van der Waals surface area contributed by atoms with Crippen molar-refractivity contribution in [3.63, 3.8) is 0 Å². The summed E-state index contributed by atoms with van der Waals surface area (Å²) in [7, 11) is 1.52. The minimum Gasteiger partial charge on any atom is -0.480 e. The van der Waals surface area contributed by atoms with Crippen molar-refractivity contribution < 1.29 is 19.8 Å². The number of carboxylic acids is 1. The SMILES string of the molecule is CN(CCO)C(=O)NC1(C(=O)O)CCCC1. The Morgan fingerprint density at radius 3 is 2.38 bits per heavy atom. The number of nitrogens with one attached hydrogen (secondary N) is 1. The van der Waals surface area contributed by atoms with Gasteiger partial charge in [-0.25, -0.2) is 9.59 Å². The van der Waals surface area contributed by atoms with Gasteiger partial charge in [0.05, 0.1) is 6.61 Å². The van der Waals surface area contributed by atoms with Crippen molar-refractivity contribution in [3.8, 4) is 0 Å². The fourth-order valence-electron chi connectivity index (χ4n) is 1.92. The minimum absolute atomic E-state index is 0.135. The average Bonchev–Trinajstić information content (AvgIpc) is 2.68. The summed E-state index contributed by atoms with van der Waals surface area (Å²) < 4.78 is 0. The number of hydrogen-bond acceptors (Lipinski definition) is 3. The quantitative estimate of drug-likeness (QED) is 0.635. The van der Waals surface area contributed by atoms with Crippen LogP contribution in [0.15, 0.2) is 0 Å². The van der Waals surface area contributed by atoms with E-state index in [-0.39, 0.29) is 13.2 Å². The lowest BCUT2D eigenvalue weighted by molar-refractivity contribution is -0.144. The molecule has 1 aliphatic rings. The average molecular weight is 230 g/mol. The Balaban J connectivity index is 2.62. The zero-order valence-corrected chi connectivity index (χ0v) is 9.40. The lowest BCUT2D eigenvalue weighted by Gasteiger charge is -2.28. The predicted molar refractivity (Wildman–Crippen MR) is 57.1 cm³/mol. The summed E-state index contributed by atoms with van der Waals surface area (Å²) in [6.07, 6.45) is 2.58. The maximum Gasteiger partial charge on any atom is 0.329 e. The highest BCUT2D eigenvalue weighted by atomic mass is 16.4. The lowest BCUT2D eigenvalue weighted by Crippen LogP contribution is -2.56. The van der Waals surface area contributed by atoms with E-state index in [0.717, 1.165) is 12.8 Å². The molecule has 3 N–H and O–H groups in total. The fourth-order valence-corrected chi connectivity index (χ4v) is 1.92. The first kappa shape index (κ1) is 12.8. The van der Waals surface area contributed by atoms with Gasteiger partial charge in [0, 0.05) is 13.6 Å². The first-order chi connectivity index (χ1) is 7.52. The Hall–Kier alpha value is -1.30. The smallest absolute Gasteiger partial charge is 0.329 e. The molecule has 1 rings (SSSR count). The first-order valence-corrected chi connectivity index (χ1v) is 5.39. The number of carbonyl (C=O) groups excluding carboxylic acids is 1. The fraction of sp³-hybridized carbons (Fsp3) is 0.800. The summed E-state index contributed by atoms with van der Waals surface area (Å²) in [5.74, 6) is -0.976. The maximum absolute atomic E-state index is 11.6. The zero-order chi connectivity index (χ0) is 12.2. The molecule has 0 spiro atoms. The van der Waals surface area contributed by atoms with Crippen LogP contribution in [0, 0.1) is 0 Å². The molecular formula is C10H18N2O4. The van der Waals surface area contributed by atoms with E-state index in [9.17, 15) is 9.59 Å². The van der Waals surface area contributed by atoms with Crippen molar-refractivity contribution in [2.24, 2.45) is 0 Å². The Bertz CT molecular complexity index is 274. The van der Waals surface area contributed by atoms with Gasteiger partial charge in [-0.1, -0.05) is 12.8 Å². The molecule has 0 aliphatic heterocycles. The molecule has 1 saturated carbocycles. The van der Waals surface area contributed by atoms with Crippen LogP contribution in [0.5, 0.6) is 0 Å². The van der Waals surface area contributed by atoms with E-state index in [2.05, 4.69) is 5.32 Å². The van der Waals surface area contributed by atoms with E-state index in [0.29, 0.717) is 12.8 Å². The number of rotatable bonds is 4. The van der Waals surface area contributed by atoms with Crippen LogP contribution >= 0.6 is 0 Å². The third-order valence-electron chi connectivity index (χ3n) is 2.99. The zero-order valence-electron chi connectivity index (χ0n) is 9.40. The standard InChI is InChI=1S/C10H18N2O4/c1-12(6-7-13)9(16)11-10(8(14)15)4-2-3-5-10/h13H,2-7H2,1H3,(H,11,16)(H,14,15). The molecule has 0 atom stereocenters. The highest BCUT2D eigenvalue weighted by Crippen LogP contribution is 2.29. The molecule has 6 nitrogen and oxygen atoms in total. The molecule has 0 aromatic rings. The summed E-state index contributed by atoms with van der Waals surface area (Å²) in [4.78, 5) is 24.1. The van der Waals surface area contributed by atoms with Crippen LogP contribution in [0.2, 0.25) is 0 Å². The number of urea groups is 1. The van der Waals surface area contributed by atoms with Crippen LogP contribution in [-0.4, -0.2) is 52.9 Å². The second-order valence-corrected chi connectivity index (χ2v) is 4.17. The van der Waals surface area contributed by atoms with Gasteiger partial charge in [0.15, 0.2) is 0 Å². The summed E-state index contributed by atoms with van der Waals surface area (Å²) in [6, 6.07) is -0.446. The van der Waals surface area contributed by atoms with Crippen LogP contribution < -0.4 is 5.32 Å². The number of aliphatic carboxylic acids is 1. The van der Waals surface area contributed by atoms with Gasteiger partial charge >= 0.3 is 12.0 Å². The van der Waals surface area contributed by atoms with Gasteiger partial charge in [0.1, 0.15) is 5.54 Å². The first-order valence-electron chi connectivity index (χ1n) is 5.39. The molecule has 0 aromatic heterocycles. The van der Waals surface area contributed by atoms with E-state index >= 15 is 0 Å². The third kappa shape index (κ3) is 2.63. The van der Waals surface area contributed by atoms with Gasteiger partial charge in [-0.2, -0.15) is 0 Å². The monoisotopic (exact) mass is 230 g/mol. The van der Waals surface area contributed by atoms with E-state index < -0.39 is 17.5 Å². The molecule has 0 radical (unpaired) electrons. The Morgan fingerprint density at radius 2 is 1.94 bits per heavy atom. The molecule has 6 heteroatoms. The van der Waals surface area contributed by atoms with Crippen molar-refractivity contribution >= 4 is 12.0 Å². The minimum atomic E-state index is -1.11. The largest absolute Gasteiger partial charge is 0.480 e. The van der Waals surface area contributed by atoms with Crippen LogP contribution in [-0.2, 0) is 4.79 Å². The number of aliphatic hydroxyl groups is 1. The molecule has 92 valence electrons. The van der Waals surface area contributed by atoms with Crippen LogP contribution in [0.1, 0.15) is 25.7 Å². The second kappa shape index (κ2) is 5.16. The van der Waals surface area contributed by atoms with Gasteiger partial charge in [-0.15, -0.1) is 0 Å². The Morgan fingerprint density at radius 1 is 1.38 bits per heavy atom. The Kier molecular flexibility index (Phi) is 4.12. The number of likely N-dealkylation sites (N-methyl/N-ethyl adjacent to an activating group) is 1. The van der Waals surface area contributed by atoms with Crippen molar-refractivity contribution in [3.05, 3.63) is 0 Å². The number of carbonyl (C=O) groups is 2. The van der Waals surface area contributed by atoms with Crippen LogP contribution in [0.25, 0.3) is 0 Å².